The van der Waals surface area contributed by atoms with Crippen molar-refractivity contribution in [3.05, 3.63) is 0 Å². The van der Waals surface area contributed by atoms with Crippen LogP contribution in [0.1, 0.15) is 53.4 Å². The summed E-state index contributed by atoms with van der Waals surface area (Å²) in [5.41, 5.74) is -0.541. The van der Waals surface area contributed by atoms with Gasteiger partial charge in [-0.3, -0.25) is 9.69 Å². The summed E-state index contributed by atoms with van der Waals surface area (Å²) >= 11 is 0. The highest BCUT2D eigenvalue weighted by atomic mass is 16.6. The first-order chi connectivity index (χ1) is 11.3. The van der Waals surface area contributed by atoms with Gasteiger partial charge in [0.1, 0.15) is 11.6 Å². The third-order valence-electron chi connectivity index (χ3n) is 4.55. The molecule has 0 aromatic carbocycles. The van der Waals surface area contributed by atoms with Crippen molar-refractivity contribution in [1.82, 2.24) is 9.80 Å². The Hall–Kier alpha value is -1.30. The second-order valence-corrected chi connectivity index (χ2v) is 7.78. The molecule has 2 fully saturated rings. The van der Waals surface area contributed by atoms with Crippen LogP contribution in [0.2, 0.25) is 0 Å². The van der Waals surface area contributed by atoms with Crippen LogP contribution in [0, 0.1) is 5.92 Å². The van der Waals surface area contributed by atoms with Crippen molar-refractivity contribution in [2.45, 2.75) is 65.0 Å². The summed E-state index contributed by atoms with van der Waals surface area (Å²) in [6.45, 7) is 11.1. The monoisotopic (exact) mass is 340 g/mol. The summed E-state index contributed by atoms with van der Waals surface area (Å²) in [4.78, 5) is 28.8. The highest BCUT2D eigenvalue weighted by Gasteiger charge is 2.39. The Morgan fingerprint density at radius 2 is 1.83 bits per heavy atom. The number of carbonyl (C=O) groups is 2. The average Bonchev–Trinajstić information content (AvgIpc) is 3.00. The van der Waals surface area contributed by atoms with Crippen molar-refractivity contribution in [3.63, 3.8) is 0 Å². The number of carbonyl (C=O) groups excluding carboxylic acids is 2. The molecule has 138 valence electrons. The Kier molecular flexibility index (Phi) is 6.49. The largest absolute Gasteiger partial charge is 0.444 e. The third-order valence-corrected chi connectivity index (χ3v) is 4.55. The van der Waals surface area contributed by atoms with Crippen LogP contribution in [0.5, 0.6) is 0 Å². The van der Waals surface area contributed by atoms with Crippen LogP contribution < -0.4 is 0 Å². The minimum absolute atomic E-state index is 0.0690. The van der Waals surface area contributed by atoms with Crippen molar-refractivity contribution in [3.8, 4) is 0 Å². The maximum absolute atomic E-state index is 12.9. The number of piperidine rings is 1. The molecule has 0 N–H and O–H groups in total. The molecule has 0 radical (unpaired) electrons. The first kappa shape index (κ1) is 19.0. The van der Waals surface area contributed by atoms with E-state index in [4.69, 9.17) is 9.47 Å². The van der Waals surface area contributed by atoms with Gasteiger partial charge in [0.2, 0.25) is 5.91 Å². The quantitative estimate of drug-likeness (QED) is 0.789. The lowest BCUT2D eigenvalue weighted by Gasteiger charge is -2.36. The number of ether oxygens (including phenoxy) is 2. The second kappa shape index (κ2) is 8.19. The first-order valence-electron chi connectivity index (χ1n) is 9.18. The fourth-order valence-electron chi connectivity index (χ4n) is 3.46. The predicted octanol–water partition coefficient (Wildman–Crippen LogP) is 2.66. The van der Waals surface area contributed by atoms with Crippen LogP contribution in [0.4, 0.5) is 4.79 Å². The molecule has 0 spiro atoms. The smallest absolute Gasteiger partial charge is 0.410 e. The first-order valence-corrected chi connectivity index (χ1v) is 9.18. The minimum atomic E-state index is -0.541. The third kappa shape index (κ3) is 5.10. The molecule has 2 unspecified atom stereocenters. The molecule has 6 heteroatoms. The maximum atomic E-state index is 12.9. The SMILES string of the molecule is CCOCC1CCCN(C(=O)C2CCCN2C(=O)OC(C)(C)C)C1. The Bertz CT molecular complexity index is 447. The Labute approximate surface area is 145 Å². The predicted molar refractivity (Wildman–Crippen MR) is 91.8 cm³/mol. The van der Waals surface area contributed by atoms with E-state index in [2.05, 4.69) is 0 Å². The van der Waals surface area contributed by atoms with Gasteiger partial charge in [-0.1, -0.05) is 0 Å². The molecule has 6 nitrogen and oxygen atoms in total. The summed E-state index contributed by atoms with van der Waals surface area (Å²) in [6, 6.07) is -0.370. The molecule has 0 aliphatic carbocycles. The van der Waals surface area contributed by atoms with Gasteiger partial charge >= 0.3 is 6.09 Å². The molecule has 0 bridgehead atoms. The Morgan fingerprint density at radius 3 is 2.50 bits per heavy atom. The van der Waals surface area contributed by atoms with Crippen molar-refractivity contribution in [1.29, 1.82) is 0 Å². The van der Waals surface area contributed by atoms with E-state index in [1.807, 2.05) is 32.6 Å². The van der Waals surface area contributed by atoms with Gasteiger partial charge in [0.05, 0.1) is 6.61 Å². The highest BCUT2D eigenvalue weighted by Crippen LogP contribution is 2.25. The summed E-state index contributed by atoms with van der Waals surface area (Å²) in [5, 5.41) is 0. The van der Waals surface area contributed by atoms with Gasteiger partial charge in [-0.2, -0.15) is 0 Å². The molecule has 0 aromatic heterocycles. The molecule has 2 saturated heterocycles. The molecule has 2 amide bonds. The van der Waals surface area contributed by atoms with Gasteiger partial charge in [0, 0.05) is 26.2 Å². The number of rotatable bonds is 4. The maximum Gasteiger partial charge on any atom is 0.410 e. The van der Waals surface area contributed by atoms with Crippen molar-refractivity contribution in [2.24, 2.45) is 5.92 Å². The van der Waals surface area contributed by atoms with E-state index in [1.165, 1.54) is 0 Å². The molecule has 2 rings (SSSR count). The number of likely N-dealkylation sites (tertiary alicyclic amines) is 2. The minimum Gasteiger partial charge on any atom is -0.444 e. The summed E-state index contributed by atoms with van der Waals surface area (Å²) in [7, 11) is 0. The zero-order valence-electron chi connectivity index (χ0n) is 15.5. The lowest BCUT2D eigenvalue weighted by atomic mass is 9.98. The van der Waals surface area contributed by atoms with Crippen molar-refractivity contribution < 1.29 is 19.1 Å². The lowest BCUT2D eigenvalue weighted by molar-refractivity contribution is -0.138. The summed E-state index contributed by atoms with van der Waals surface area (Å²) < 4.78 is 11.0. The Balaban J connectivity index is 1.96. The van der Waals surface area contributed by atoms with Gasteiger partial charge in [-0.05, 0) is 59.3 Å². The van der Waals surface area contributed by atoms with Gasteiger partial charge in [-0.15, -0.1) is 0 Å². The molecule has 2 atom stereocenters. The van der Waals surface area contributed by atoms with E-state index in [0.717, 1.165) is 38.8 Å². The highest BCUT2D eigenvalue weighted by molar-refractivity contribution is 5.86. The lowest BCUT2D eigenvalue weighted by Crippen LogP contribution is -2.51. The zero-order valence-corrected chi connectivity index (χ0v) is 15.5. The van der Waals surface area contributed by atoms with E-state index >= 15 is 0 Å². The van der Waals surface area contributed by atoms with Gasteiger partial charge < -0.3 is 14.4 Å². The molecular formula is C18H32N2O4. The van der Waals surface area contributed by atoms with Crippen LogP contribution in [0.25, 0.3) is 0 Å². The van der Waals surface area contributed by atoms with Crippen LogP contribution in [-0.4, -0.2) is 66.3 Å². The topological polar surface area (TPSA) is 59.1 Å². The summed E-state index contributed by atoms with van der Waals surface area (Å²) in [6.07, 6.45) is 3.31. The fourth-order valence-corrected chi connectivity index (χ4v) is 3.46. The van der Waals surface area contributed by atoms with E-state index in [0.29, 0.717) is 25.7 Å². The molecular weight excluding hydrogens is 308 g/mol. The van der Waals surface area contributed by atoms with E-state index in [9.17, 15) is 9.59 Å². The summed E-state index contributed by atoms with van der Waals surface area (Å²) in [5.74, 6) is 0.471. The van der Waals surface area contributed by atoms with Crippen LogP contribution in [0.15, 0.2) is 0 Å². The number of hydrogen-bond acceptors (Lipinski definition) is 4. The number of amides is 2. The number of nitrogens with zero attached hydrogens (tertiary/aromatic N) is 2. The normalized spacial score (nSPS) is 25.0. The standard InChI is InChI=1S/C18H32N2O4/c1-5-23-13-14-8-6-10-19(12-14)16(21)15-9-7-11-20(15)17(22)24-18(2,3)4/h14-15H,5-13H2,1-4H3. The molecule has 2 aliphatic rings. The number of hydrogen-bond donors (Lipinski definition) is 0. The fraction of sp³-hybridized carbons (Fsp3) is 0.889. The molecule has 2 aliphatic heterocycles. The van der Waals surface area contributed by atoms with Crippen LogP contribution >= 0.6 is 0 Å². The van der Waals surface area contributed by atoms with Gasteiger partial charge in [-0.25, -0.2) is 4.79 Å². The van der Waals surface area contributed by atoms with Gasteiger partial charge in [0.25, 0.3) is 0 Å². The molecule has 2 heterocycles. The molecule has 0 aromatic rings. The second-order valence-electron chi connectivity index (χ2n) is 7.78. The molecule has 24 heavy (non-hydrogen) atoms. The van der Waals surface area contributed by atoms with Crippen molar-refractivity contribution >= 4 is 12.0 Å². The van der Waals surface area contributed by atoms with E-state index < -0.39 is 5.60 Å². The van der Waals surface area contributed by atoms with Gasteiger partial charge in [0.15, 0.2) is 0 Å². The van der Waals surface area contributed by atoms with E-state index in [1.54, 1.807) is 4.90 Å². The van der Waals surface area contributed by atoms with Crippen LogP contribution in [0.3, 0.4) is 0 Å². The average molecular weight is 340 g/mol. The van der Waals surface area contributed by atoms with Crippen LogP contribution in [-0.2, 0) is 14.3 Å². The zero-order chi connectivity index (χ0) is 17.7. The molecule has 0 saturated carbocycles. The van der Waals surface area contributed by atoms with Crippen molar-refractivity contribution in [2.75, 3.05) is 32.8 Å². The van der Waals surface area contributed by atoms with E-state index in [-0.39, 0.29) is 18.0 Å². The Morgan fingerprint density at radius 1 is 1.12 bits per heavy atom.